The molecule has 11 heavy (non-hydrogen) atoms. The highest BCUT2D eigenvalue weighted by molar-refractivity contribution is 7.99. The molecule has 0 atom stereocenters. The summed E-state index contributed by atoms with van der Waals surface area (Å²) in [5.41, 5.74) is 0.685. The van der Waals surface area contributed by atoms with Gasteiger partial charge in [-0.25, -0.2) is 0 Å². The fourth-order valence-electron chi connectivity index (χ4n) is 0.701. The molecule has 0 radical (unpaired) electrons. The van der Waals surface area contributed by atoms with Gasteiger partial charge < -0.3 is 0 Å². The van der Waals surface area contributed by atoms with Crippen molar-refractivity contribution in [3.05, 3.63) is 29.3 Å². The van der Waals surface area contributed by atoms with Gasteiger partial charge in [0.25, 0.3) is 0 Å². The normalized spacial score (nSPS) is 9.73. The van der Waals surface area contributed by atoms with E-state index in [-0.39, 0.29) is 0 Å². The lowest BCUT2D eigenvalue weighted by Gasteiger charge is -2.11. The van der Waals surface area contributed by atoms with Crippen molar-refractivity contribution in [3.63, 3.8) is 0 Å². The van der Waals surface area contributed by atoms with Crippen molar-refractivity contribution in [1.29, 1.82) is 0 Å². The van der Waals surface area contributed by atoms with Crippen LogP contribution in [0.4, 0.5) is 5.69 Å². The van der Waals surface area contributed by atoms with Crippen molar-refractivity contribution in [2.45, 2.75) is 0 Å². The van der Waals surface area contributed by atoms with E-state index in [1.54, 1.807) is 30.5 Å². The summed E-state index contributed by atoms with van der Waals surface area (Å²) in [7, 11) is 0. The van der Waals surface area contributed by atoms with Crippen molar-refractivity contribution < 1.29 is 5.21 Å². The summed E-state index contributed by atoms with van der Waals surface area (Å²) >= 11 is 6.92. The molecule has 1 aromatic carbocycles. The Balaban J connectivity index is 2.86. The van der Waals surface area contributed by atoms with Gasteiger partial charge in [0.15, 0.2) is 0 Å². The number of anilines is 1. The molecule has 0 aromatic heterocycles. The van der Waals surface area contributed by atoms with Gasteiger partial charge in [-0.2, -0.15) is 4.47 Å². The predicted molar refractivity (Wildman–Crippen MR) is 49.2 cm³/mol. The third-order valence-electron chi connectivity index (χ3n) is 1.20. The number of hydrogen-bond donors (Lipinski definition) is 1. The van der Waals surface area contributed by atoms with E-state index in [2.05, 4.69) is 0 Å². The molecule has 0 heterocycles. The van der Waals surface area contributed by atoms with Gasteiger partial charge in [0, 0.05) is 11.3 Å². The summed E-state index contributed by atoms with van der Waals surface area (Å²) in [4.78, 5) is 0. The van der Waals surface area contributed by atoms with E-state index in [0.717, 1.165) is 4.47 Å². The fourth-order valence-corrected chi connectivity index (χ4v) is 1.21. The highest BCUT2D eigenvalue weighted by Crippen LogP contribution is 2.21. The summed E-state index contributed by atoms with van der Waals surface area (Å²) in [6.07, 6.45) is 1.78. The van der Waals surface area contributed by atoms with Crippen LogP contribution in [0.1, 0.15) is 0 Å². The number of rotatable bonds is 2. The van der Waals surface area contributed by atoms with E-state index < -0.39 is 0 Å². The van der Waals surface area contributed by atoms with E-state index in [1.165, 1.54) is 11.9 Å². The first-order valence-electron chi connectivity index (χ1n) is 3.02. The average Bonchev–Trinajstić information content (AvgIpc) is 2.03. The zero-order valence-electron chi connectivity index (χ0n) is 5.99. The standard InChI is InChI=1S/C7H8ClNOS/c1-11-9(10)7-4-2-3-6(8)5-7/h2-5,10H,1H3. The van der Waals surface area contributed by atoms with Gasteiger partial charge in [-0.1, -0.05) is 17.7 Å². The average molecular weight is 190 g/mol. The highest BCUT2D eigenvalue weighted by Gasteiger charge is 1.99. The molecule has 1 N–H and O–H groups in total. The topological polar surface area (TPSA) is 23.5 Å². The molecule has 60 valence electrons. The van der Waals surface area contributed by atoms with Crippen LogP contribution in [0.2, 0.25) is 5.02 Å². The molecule has 0 amide bonds. The van der Waals surface area contributed by atoms with Crippen LogP contribution in [0.25, 0.3) is 0 Å². The van der Waals surface area contributed by atoms with Gasteiger partial charge in [-0.15, -0.1) is 0 Å². The quantitative estimate of drug-likeness (QED) is 0.572. The number of nitrogens with zero attached hydrogens (tertiary/aromatic N) is 1. The van der Waals surface area contributed by atoms with Crippen LogP contribution in [0.15, 0.2) is 24.3 Å². The third kappa shape index (κ3) is 2.29. The first-order valence-corrected chi connectivity index (χ1v) is 4.58. The first kappa shape index (κ1) is 8.71. The Hall–Kier alpha value is -0.380. The molecule has 0 unspecified atom stereocenters. The molecule has 0 saturated carbocycles. The lowest BCUT2D eigenvalue weighted by molar-refractivity contribution is 0.332. The Morgan fingerprint density at radius 3 is 2.82 bits per heavy atom. The van der Waals surface area contributed by atoms with Crippen LogP contribution in [0, 0.1) is 0 Å². The Kier molecular flexibility index (Phi) is 3.05. The monoisotopic (exact) mass is 189 g/mol. The molecule has 0 aliphatic carbocycles. The van der Waals surface area contributed by atoms with Crippen LogP contribution in [0.5, 0.6) is 0 Å². The second-order valence-electron chi connectivity index (χ2n) is 1.94. The van der Waals surface area contributed by atoms with E-state index in [1.807, 2.05) is 0 Å². The minimum atomic E-state index is 0.621. The Morgan fingerprint density at radius 1 is 1.55 bits per heavy atom. The van der Waals surface area contributed by atoms with Crippen LogP contribution in [-0.4, -0.2) is 11.5 Å². The molecule has 0 fully saturated rings. The zero-order chi connectivity index (χ0) is 8.27. The number of benzene rings is 1. The summed E-state index contributed by atoms with van der Waals surface area (Å²) in [5.74, 6) is 0. The van der Waals surface area contributed by atoms with E-state index in [0.29, 0.717) is 10.7 Å². The SMILES string of the molecule is CSN(O)c1cccc(Cl)c1. The van der Waals surface area contributed by atoms with Crippen molar-refractivity contribution >= 4 is 29.2 Å². The molecule has 0 aliphatic heterocycles. The molecule has 0 saturated heterocycles. The van der Waals surface area contributed by atoms with E-state index >= 15 is 0 Å². The molecule has 2 nitrogen and oxygen atoms in total. The van der Waals surface area contributed by atoms with Gasteiger partial charge in [-0.05, 0) is 30.1 Å². The molecule has 0 aliphatic rings. The van der Waals surface area contributed by atoms with E-state index in [4.69, 9.17) is 11.6 Å². The van der Waals surface area contributed by atoms with Gasteiger partial charge in [0.1, 0.15) is 0 Å². The summed E-state index contributed by atoms with van der Waals surface area (Å²) in [5, 5.41) is 9.81. The first-order chi connectivity index (χ1) is 5.24. The molecule has 0 spiro atoms. The Labute approximate surface area is 74.9 Å². The van der Waals surface area contributed by atoms with Crippen molar-refractivity contribution in [1.82, 2.24) is 0 Å². The zero-order valence-corrected chi connectivity index (χ0v) is 7.56. The maximum absolute atomic E-state index is 9.19. The molecular weight excluding hydrogens is 182 g/mol. The minimum absolute atomic E-state index is 0.621. The van der Waals surface area contributed by atoms with Crippen LogP contribution in [0.3, 0.4) is 0 Å². The summed E-state index contributed by atoms with van der Waals surface area (Å²) in [6, 6.07) is 7.02. The van der Waals surface area contributed by atoms with Gasteiger partial charge in [0.05, 0.1) is 5.69 Å². The van der Waals surface area contributed by atoms with Crippen molar-refractivity contribution in [2.75, 3.05) is 10.7 Å². The van der Waals surface area contributed by atoms with Crippen LogP contribution in [-0.2, 0) is 0 Å². The maximum Gasteiger partial charge on any atom is 0.0778 e. The molecular formula is C7H8ClNOS. The lowest BCUT2D eigenvalue weighted by atomic mass is 10.3. The summed E-state index contributed by atoms with van der Waals surface area (Å²) in [6.45, 7) is 0. The van der Waals surface area contributed by atoms with Gasteiger partial charge >= 0.3 is 0 Å². The van der Waals surface area contributed by atoms with Crippen molar-refractivity contribution in [3.8, 4) is 0 Å². The largest absolute Gasteiger partial charge is 0.278 e. The third-order valence-corrected chi connectivity index (χ3v) is 1.99. The van der Waals surface area contributed by atoms with Gasteiger partial charge in [0.2, 0.25) is 0 Å². The fraction of sp³-hybridized carbons (Fsp3) is 0.143. The molecule has 1 rings (SSSR count). The van der Waals surface area contributed by atoms with Crippen molar-refractivity contribution in [2.24, 2.45) is 0 Å². The Morgan fingerprint density at radius 2 is 2.27 bits per heavy atom. The maximum atomic E-state index is 9.19. The Bertz CT molecular complexity index is 244. The molecule has 1 aromatic rings. The van der Waals surface area contributed by atoms with Crippen LogP contribution < -0.4 is 4.47 Å². The second kappa shape index (κ2) is 3.85. The van der Waals surface area contributed by atoms with Gasteiger partial charge in [-0.3, -0.25) is 5.21 Å². The van der Waals surface area contributed by atoms with E-state index in [9.17, 15) is 5.21 Å². The number of hydrogen-bond acceptors (Lipinski definition) is 3. The number of halogens is 1. The summed E-state index contributed by atoms with van der Waals surface area (Å²) < 4.78 is 1.06. The second-order valence-corrected chi connectivity index (χ2v) is 3.08. The lowest BCUT2D eigenvalue weighted by Crippen LogP contribution is -2.05. The highest BCUT2D eigenvalue weighted by atomic mass is 35.5. The predicted octanol–water partition coefficient (Wildman–Crippen LogP) is 2.81. The smallest absolute Gasteiger partial charge is 0.0778 e. The van der Waals surface area contributed by atoms with Crippen LogP contribution >= 0.6 is 23.5 Å². The molecule has 0 bridgehead atoms. The molecule has 4 heteroatoms. The minimum Gasteiger partial charge on any atom is -0.278 e.